The van der Waals surface area contributed by atoms with Crippen LogP contribution < -0.4 is 15.6 Å². The van der Waals surface area contributed by atoms with Crippen LogP contribution in [0.5, 0.6) is 5.75 Å². The van der Waals surface area contributed by atoms with Crippen LogP contribution in [0.4, 0.5) is 19.0 Å². The van der Waals surface area contributed by atoms with Crippen molar-refractivity contribution in [1.82, 2.24) is 14.5 Å². The van der Waals surface area contributed by atoms with Crippen LogP contribution >= 0.6 is 12.2 Å². The molecule has 0 fully saturated rings. The summed E-state index contributed by atoms with van der Waals surface area (Å²) in [6.07, 6.45) is -4.73. The fraction of sp³-hybridized carbons (Fsp3) is 0.167. The predicted octanol–water partition coefficient (Wildman–Crippen LogP) is 1.64. The number of ether oxygens (including phenoxy) is 1. The Balaban J connectivity index is 2.13. The number of H-pyrrole nitrogens is 1. The summed E-state index contributed by atoms with van der Waals surface area (Å²) in [6.45, 7) is -0.172. The Labute approximate surface area is 130 Å². The number of fused-ring (bicyclic) bond motifs is 1. The van der Waals surface area contributed by atoms with Gasteiger partial charge in [-0.1, -0.05) is 0 Å². The second-order valence-electron chi connectivity index (χ2n) is 4.51. The van der Waals surface area contributed by atoms with Crippen LogP contribution in [-0.2, 0) is 11.0 Å². The second kappa shape index (κ2) is 5.19. The number of amides is 1. The van der Waals surface area contributed by atoms with E-state index in [4.69, 9.17) is 17.0 Å². The minimum Gasteiger partial charge on any atom is -0.480 e. The van der Waals surface area contributed by atoms with Crippen LogP contribution in [-0.4, -0.2) is 27.0 Å². The number of carbonyl (C=O) groups excluding carboxylic acids is 1. The Morgan fingerprint density at radius 2 is 2.04 bits per heavy atom. The highest BCUT2D eigenvalue weighted by molar-refractivity contribution is 7.71. The minimum atomic E-state index is -4.73. The fourth-order valence-electron chi connectivity index (χ4n) is 1.94. The molecule has 120 valence electrons. The number of hydrogen-bond donors (Lipinski definition) is 2. The van der Waals surface area contributed by atoms with Crippen LogP contribution in [0, 0.1) is 4.77 Å². The molecule has 0 saturated carbocycles. The molecule has 7 nitrogen and oxygen atoms in total. The summed E-state index contributed by atoms with van der Waals surface area (Å²) in [5, 5.41) is 2.43. The lowest BCUT2D eigenvalue weighted by molar-refractivity contribution is -0.141. The van der Waals surface area contributed by atoms with Crippen LogP contribution in [0.25, 0.3) is 5.82 Å². The maximum atomic E-state index is 12.6. The topological polar surface area (TPSA) is 89.0 Å². The molecule has 2 aromatic rings. The van der Waals surface area contributed by atoms with Crippen molar-refractivity contribution in [2.24, 2.45) is 0 Å². The summed E-state index contributed by atoms with van der Waals surface area (Å²) in [7, 11) is 0. The van der Waals surface area contributed by atoms with Gasteiger partial charge in [0.1, 0.15) is 11.5 Å². The van der Waals surface area contributed by atoms with Crippen molar-refractivity contribution < 1.29 is 22.7 Å². The Hall–Kier alpha value is -2.69. The predicted molar refractivity (Wildman–Crippen MR) is 74.1 cm³/mol. The summed E-state index contributed by atoms with van der Waals surface area (Å²) in [4.78, 5) is 29.1. The van der Waals surface area contributed by atoms with Gasteiger partial charge >= 0.3 is 6.18 Å². The number of alkyl halides is 3. The van der Waals surface area contributed by atoms with Gasteiger partial charge < -0.3 is 15.0 Å². The number of rotatable bonds is 1. The smallest absolute Gasteiger partial charge is 0.431 e. The van der Waals surface area contributed by atoms with Crippen molar-refractivity contribution in [2.75, 3.05) is 11.9 Å². The molecule has 1 amide bonds. The average Bonchev–Trinajstić information content (AvgIpc) is 2.45. The highest BCUT2D eigenvalue weighted by Crippen LogP contribution is 2.28. The van der Waals surface area contributed by atoms with Crippen LogP contribution in [0.3, 0.4) is 0 Å². The van der Waals surface area contributed by atoms with E-state index in [0.717, 1.165) is 4.57 Å². The molecule has 0 atom stereocenters. The van der Waals surface area contributed by atoms with Crippen LogP contribution in [0.15, 0.2) is 23.0 Å². The van der Waals surface area contributed by atoms with Gasteiger partial charge in [0.15, 0.2) is 22.9 Å². The van der Waals surface area contributed by atoms with Crippen LogP contribution in [0.2, 0.25) is 0 Å². The lowest BCUT2D eigenvalue weighted by Gasteiger charge is -2.17. The zero-order chi connectivity index (χ0) is 16.8. The summed E-state index contributed by atoms with van der Waals surface area (Å²) in [5.41, 5.74) is -2.25. The number of aromatic nitrogens is 3. The minimum absolute atomic E-state index is 0.0467. The van der Waals surface area contributed by atoms with Crippen LogP contribution in [0.1, 0.15) is 5.69 Å². The van der Waals surface area contributed by atoms with Crippen molar-refractivity contribution in [3.63, 3.8) is 0 Å². The fourth-order valence-corrected chi connectivity index (χ4v) is 2.24. The van der Waals surface area contributed by atoms with Gasteiger partial charge in [-0.2, -0.15) is 13.2 Å². The quantitative estimate of drug-likeness (QED) is 0.768. The van der Waals surface area contributed by atoms with Gasteiger partial charge in [0.05, 0.1) is 0 Å². The number of halogens is 3. The normalized spacial score (nSPS) is 14.0. The molecule has 23 heavy (non-hydrogen) atoms. The molecule has 3 rings (SSSR count). The Morgan fingerprint density at radius 3 is 2.70 bits per heavy atom. The van der Waals surface area contributed by atoms with Gasteiger partial charge in [-0.15, -0.1) is 0 Å². The van der Waals surface area contributed by atoms with Gasteiger partial charge in [-0.3, -0.25) is 9.59 Å². The SMILES string of the molecule is O=C1COc2ccc(-n3c(=O)cc(C(F)(F)F)[nH]c3=S)nc2N1. The van der Waals surface area contributed by atoms with Gasteiger partial charge in [-0.05, 0) is 24.4 Å². The Morgan fingerprint density at radius 1 is 1.30 bits per heavy atom. The van der Waals surface area contributed by atoms with Crippen molar-refractivity contribution in [3.05, 3.63) is 39.0 Å². The van der Waals surface area contributed by atoms with E-state index in [-0.39, 0.29) is 24.0 Å². The molecule has 3 heterocycles. The molecule has 0 bridgehead atoms. The first kappa shape index (κ1) is 15.2. The first-order valence-corrected chi connectivity index (χ1v) is 6.54. The molecule has 1 aliphatic heterocycles. The molecule has 2 N–H and O–H groups in total. The monoisotopic (exact) mass is 344 g/mol. The van der Waals surface area contributed by atoms with E-state index in [1.807, 2.05) is 4.98 Å². The summed E-state index contributed by atoms with van der Waals surface area (Å²) >= 11 is 4.80. The van der Waals surface area contributed by atoms with Crippen molar-refractivity contribution in [3.8, 4) is 11.6 Å². The number of carbonyl (C=O) groups is 1. The number of hydrogen-bond acceptors (Lipinski definition) is 5. The average molecular weight is 344 g/mol. The lowest BCUT2D eigenvalue weighted by atomic mass is 10.3. The number of aromatic amines is 1. The molecular weight excluding hydrogens is 337 g/mol. The maximum Gasteiger partial charge on any atom is 0.431 e. The highest BCUT2D eigenvalue weighted by Gasteiger charge is 2.32. The highest BCUT2D eigenvalue weighted by atomic mass is 32.1. The zero-order valence-corrected chi connectivity index (χ0v) is 11.9. The molecule has 0 unspecified atom stereocenters. The molecule has 0 saturated heterocycles. The van der Waals surface area contributed by atoms with E-state index in [9.17, 15) is 22.8 Å². The van der Waals surface area contributed by atoms with Gasteiger partial charge in [0.2, 0.25) is 0 Å². The molecule has 0 aliphatic carbocycles. The third-order valence-electron chi connectivity index (χ3n) is 2.93. The summed E-state index contributed by atoms with van der Waals surface area (Å²) in [5.74, 6) is -0.148. The Kier molecular flexibility index (Phi) is 3.43. The van der Waals surface area contributed by atoms with Gasteiger partial charge in [0.25, 0.3) is 11.5 Å². The maximum absolute atomic E-state index is 12.6. The third-order valence-corrected chi connectivity index (χ3v) is 3.21. The molecular formula is C12H7F3N4O3S. The number of pyridine rings is 1. The van der Waals surface area contributed by atoms with E-state index in [1.54, 1.807) is 0 Å². The summed E-state index contributed by atoms with van der Waals surface area (Å²) < 4.78 is 43.4. The van der Waals surface area contributed by atoms with E-state index >= 15 is 0 Å². The number of nitrogens with one attached hydrogen (secondary N) is 2. The molecule has 0 spiro atoms. The third kappa shape index (κ3) is 2.82. The number of anilines is 1. The largest absolute Gasteiger partial charge is 0.480 e. The first-order chi connectivity index (χ1) is 10.8. The van der Waals surface area contributed by atoms with E-state index in [1.165, 1.54) is 12.1 Å². The van der Waals surface area contributed by atoms with Crippen molar-refractivity contribution in [1.29, 1.82) is 0 Å². The van der Waals surface area contributed by atoms with E-state index in [0.29, 0.717) is 6.07 Å². The molecule has 0 aromatic carbocycles. The zero-order valence-electron chi connectivity index (χ0n) is 11.1. The van der Waals surface area contributed by atoms with Gasteiger partial charge in [0, 0.05) is 6.07 Å². The Bertz CT molecular complexity index is 888. The first-order valence-electron chi connectivity index (χ1n) is 6.13. The molecule has 11 heteroatoms. The van der Waals surface area contributed by atoms with E-state index in [2.05, 4.69) is 10.3 Å². The molecule has 1 aliphatic rings. The standard InChI is InChI=1S/C12H7F3N4O3S/c13-12(14,15)6-3-9(21)19(11(23)16-6)7-2-1-5-10(17-7)18-8(20)4-22-5/h1-3H,4H2,(H,16,23)(H,17,18,20). The summed E-state index contributed by atoms with van der Waals surface area (Å²) in [6, 6.07) is 3.15. The van der Waals surface area contributed by atoms with Crippen molar-refractivity contribution >= 4 is 23.9 Å². The van der Waals surface area contributed by atoms with E-state index < -0.39 is 28.1 Å². The number of nitrogens with zero attached hydrogens (tertiary/aromatic N) is 2. The molecule has 0 radical (unpaired) electrons. The second-order valence-corrected chi connectivity index (χ2v) is 4.90. The van der Waals surface area contributed by atoms with Crippen molar-refractivity contribution in [2.45, 2.75) is 6.18 Å². The van der Waals surface area contributed by atoms with Gasteiger partial charge in [-0.25, -0.2) is 9.55 Å². The lowest BCUT2D eigenvalue weighted by Crippen LogP contribution is -2.28. The molecule has 2 aromatic heterocycles.